The highest BCUT2D eigenvalue weighted by atomic mass is 19.3. The molecule has 2 aliphatic heterocycles. The molecule has 26 heavy (non-hydrogen) atoms. The Labute approximate surface area is 152 Å². The Morgan fingerprint density at radius 1 is 1.23 bits per heavy atom. The van der Waals surface area contributed by atoms with Gasteiger partial charge in [-0.2, -0.15) is 8.78 Å². The summed E-state index contributed by atoms with van der Waals surface area (Å²) in [4.78, 5) is 16.9. The minimum Gasteiger partial charge on any atom is -0.435 e. The largest absolute Gasteiger partial charge is 0.435 e. The quantitative estimate of drug-likeness (QED) is 0.801. The molecule has 0 atom stereocenters. The summed E-state index contributed by atoms with van der Waals surface area (Å²) in [5, 5.41) is 0. The van der Waals surface area contributed by atoms with Crippen molar-refractivity contribution in [3.8, 4) is 5.75 Å². The molecule has 1 spiro atoms. The summed E-state index contributed by atoms with van der Waals surface area (Å²) in [5.74, 6) is -0.0227. The third-order valence-corrected chi connectivity index (χ3v) is 5.16. The number of halogens is 2. The Kier molecular flexibility index (Phi) is 6.09. The number of benzene rings is 1. The molecule has 2 aliphatic rings. The van der Waals surface area contributed by atoms with Gasteiger partial charge in [-0.05, 0) is 50.1 Å². The van der Waals surface area contributed by atoms with E-state index in [1.807, 2.05) is 4.90 Å². The third-order valence-electron chi connectivity index (χ3n) is 5.16. The number of hydrogen-bond donors (Lipinski definition) is 0. The number of morpholine rings is 1. The Morgan fingerprint density at radius 2 is 1.92 bits per heavy atom. The van der Waals surface area contributed by atoms with Crippen LogP contribution in [0.15, 0.2) is 24.3 Å². The molecule has 144 valence electrons. The lowest BCUT2D eigenvalue weighted by molar-refractivity contribution is -0.132. The van der Waals surface area contributed by atoms with Gasteiger partial charge in [0.15, 0.2) is 0 Å². The van der Waals surface area contributed by atoms with E-state index in [-0.39, 0.29) is 17.3 Å². The van der Waals surface area contributed by atoms with E-state index in [9.17, 15) is 13.6 Å². The van der Waals surface area contributed by atoms with Crippen LogP contribution in [0.1, 0.15) is 36.5 Å². The Bertz CT molecular complexity index is 599. The van der Waals surface area contributed by atoms with Crippen molar-refractivity contribution in [2.45, 2.75) is 38.4 Å². The summed E-state index contributed by atoms with van der Waals surface area (Å²) in [6, 6.07) is 5.87. The van der Waals surface area contributed by atoms with Gasteiger partial charge in [-0.1, -0.05) is 6.92 Å². The third kappa shape index (κ3) is 4.51. The molecule has 0 saturated carbocycles. The monoisotopic (exact) mass is 368 g/mol. The van der Waals surface area contributed by atoms with E-state index in [0.29, 0.717) is 18.7 Å². The molecule has 0 aromatic heterocycles. The lowest BCUT2D eigenvalue weighted by atomic mass is 9.89. The Hall–Kier alpha value is -1.73. The van der Waals surface area contributed by atoms with Gasteiger partial charge in [-0.25, -0.2) is 0 Å². The first-order chi connectivity index (χ1) is 12.5. The number of carbonyl (C=O) groups is 1. The molecule has 0 bridgehead atoms. The highest BCUT2D eigenvalue weighted by molar-refractivity contribution is 5.94. The van der Waals surface area contributed by atoms with Gasteiger partial charge in [0.2, 0.25) is 0 Å². The van der Waals surface area contributed by atoms with Crippen molar-refractivity contribution in [1.82, 2.24) is 9.80 Å². The second-order valence-corrected chi connectivity index (χ2v) is 7.00. The molecule has 1 aromatic rings. The lowest BCUT2D eigenvalue weighted by Crippen LogP contribution is -2.57. The first-order valence-corrected chi connectivity index (χ1v) is 9.22. The predicted molar refractivity (Wildman–Crippen MR) is 93.6 cm³/mol. The van der Waals surface area contributed by atoms with Crippen LogP contribution >= 0.6 is 0 Å². The summed E-state index contributed by atoms with van der Waals surface area (Å²) < 4.78 is 34.8. The van der Waals surface area contributed by atoms with E-state index in [2.05, 4.69) is 16.6 Å². The summed E-state index contributed by atoms with van der Waals surface area (Å²) in [7, 11) is 0. The van der Waals surface area contributed by atoms with Gasteiger partial charge >= 0.3 is 6.61 Å². The molecule has 3 rings (SSSR count). The Morgan fingerprint density at radius 3 is 2.54 bits per heavy atom. The summed E-state index contributed by atoms with van der Waals surface area (Å²) in [6.07, 6.45) is 2.78. The Balaban J connectivity index is 1.56. The predicted octanol–water partition coefficient (Wildman–Crippen LogP) is 3.01. The standard InChI is InChI=1S/C19H26F2N2O3/c1-2-9-22-12-13-25-19(14-22)7-10-23(11-8-19)17(24)15-3-5-16(6-4-15)26-18(20)21/h3-6,18H,2,7-14H2,1H3. The lowest BCUT2D eigenvalue weighted by Gasteiger charge is -2.47. The van der Waals surface area contributed by atoms with Crippen molar-refractivity contribution in [3.63, 3.8) is 0 Å². The van der Waals surface area contributed by atoms with Crippen LogP contribution in [0, 0.1) is 0 Å². The van der Waals surface area contributed by atoms with Crippen LogP contribution in [-0.2, 0) is 4.74 Å². The van der Waals surface area contributed by atoms with Gasteiger partial charge in [0, 0.05) is 31.7 Å². The van der Waals surface area contributed by atoms with E-state index in [1.54, 1.807) is 0 Å². The second kappa shape index (κ2) is 8.31. The molecule has 5 nitrogen and oxygen atoms in total. The molecular formula is C19H26F2N2O3. The van der Waals surface area contributed by atoms with Gasteiger partial charge < -0.3 is 14.4 Å². The maximum Gasteiger partial charge on any atom is 0.387 e. The zero-order valence-corrected chi connectivity index (χ0v) is 15.1. The number of alkyl halides is 2. The zero-order chi connectivity index (χ0) is 18.6. The number of likely N-dealkylation sites (tertiary alicyclic amines) is 1. The van der Waals surface area contributed by atoms with E-state index in [4.69, 9.17) is 4.74 Å². The van der Waals surface area contributed by atoms with Crippen molar-refractivity contribution < 1.29 is 23.0 Å². The van der Waals surface area contributed by atoms with Crippen LogP contribution in [0.3, 0.4) is 0 Å². The fourth-order valence-corrected chi connectivity index (χ4v) is 3.81. The number of carbonyl (C=O) groups excluding carboxylic acids is 1. The number of amides is 1. The second-order valence-electron chi connectivity index (χ2n) is 7.00. The van der Waals surface area contributed by atoms with Gasteiger partial charge in [0.25, 0.3) is 5.91 Å². The SMILES string of the molecule is CCCN1CCOC2(CCN(C(=O)c3ccc(OC(F)F)cc3)CC2)C1. The van der Waals surface area contributed by atoms with E-state index >= 15 is 0 Å². The van der Waals surface area contributed by atoms with Crippen LogP contribution in [0.4, 0.5) is 8.78 Å². The zero-order valence-electron chi connectivity index (χ0n) is 15.1. The topological polar surface area (TPSA) is 42.0 Å². The van der Waals surface area contributed by atoms with Crippen LogP contribution < -0.4 is 4.74 Å². The van der Waals surface area contributed by atoms with Crippen LogP contribution in [0.5, 0.6) is 5.75 Å². The molecule has 7 heteroatoms. The molecule has 1 aromatic carbocycles. The normalized spacial score (nSPS) is 20.5. The fourth-order valence-electron chi connectivity index (χ4n) is 3.81. The minimum absolute atomic E-state index is 0.0563. The molecule has 0 N–H and O–H groups in total. The van der Waals surface area contributed by atoms with Gasteiger partial charge in [-0.15, -0.1) is 0 Å². The van der Waals surface area contributed by atoms with Crippen molar-refractivity contribution in [2.24, 2.45) is 0 Å². The molecule has 2 saturated heterocycles. The van der Waals surface area contributed by atoms with Crippen molar-refractivity contribution in [3.05, 3.63) is 29.8 Å². The molecule has 2 fully saturated rings. The average Bonchev–Trinajstić information content (AvgIpc) is 2.62. The van der Waals surface area contributed by atoms with E-state index in [0.717, 1.165) is 45.5 Å². The van der Waals surface area contributed by atoms with Crippen molar-refractivity contribution in [1.29, 1.82) is 0 Å². The first kappa shape index (κ1) is 19.0. The molecular weight excluding hydrogens is 342 g/mol. The van der Waals surface area contributed by atoms with Crippen LogP contribution in [-0.4, -0.2) is 67.3 Å². The van der Waals surface area contributed by atoms with Crippen LogP contribution in [0.25, 0.3) is 0 Å². The summed E-state index contributed by atoms with van der Waals surface area (Å²) in [5.41, 5.74) is 0.346. The van der Waals surface area contributed by atoms with Gasteiger partial charge in [0.05, 0.1) is 12.2 Å². The first-order valence-electron chi connectivity index (χ1n) is 9.22. The van der Waals surface area contributed by atoms with Gasteiger partial charge in [0.1, 0.15) is 5.75 Å². The van der Waals surface area contributed by atoms with Crippen molar-refractivity contribution >= 4 is 5.91 Å². The molecule has 0 aliphatic carbocycles. The van der Waals surface area contributed by atoms with E-state index < -0.39 is 6.61 Å². The summed E-state index contributed by atoms with van der Waals surface area (Å²) >= 11 is 0. The van der Waals surface area contributed by atoms with E-state index in [1.165, 1.54) is 24.3 Å². The minimum atomic E-state index is -2.86. The number of rotatable bonds is 5. The van der Waals surface area contributed by atoms with Crippen LogP contribution in [0.2, 0.25) is 0 Å². The maximum absolute atomic E-state index is 12.7. The number of ether oxygens (including phenoxy) is 2. The highest BCUT2D eigenvalue weighted by Crippen LogP contribution is 2.31. The molecule has 1 amide bonds. The number of piperidine rings is 1. The number of nitrogens with zero attached hydrogens (tertiary/aromatic N) is 2. The molecule has 0 radical (unpaired) electrons. The smallest absolute Gasteiger partial charge is 0.387 e. The summed E-state index contributed by atoms with van der Waals surface area (Å²) in [6.45, 7) is 4.36. The molecule has 2 heterocycles. The fraction of sp³-hybridized carbons (Fsp3) is 0.632. The number of hydrogen-bond acceptors (Lipinski definition) is 4. The molecule has 0 unspecified atom stereocenters. The average molecular weight is 368 g/mol. The maximum atomic E-state index is 12.7. The van der Waals surface area contributed by atoms with Gasteiger partial charge in [-0.3, -0.25) is 9.69 Å². The van der Waals surface area contributed by atoms with Crippen molar-refractivity contribution in [2.75, 3.05) is 39.3 Å². The highest BCUT2D eigenvalue weighted by Gasteiger charge is 2.40.